The molecule has 2 heterocycles. The van der Waals surface area contributed by atoms with Crippen LogP contribution in [0.5, 0.6) is 0 Å². The summed E-state index contributed by atoms with van der Waals surface area (Å²) in [7, 11) is 0. The average Bonchev–Trinajstić information content (AvgIpc) is 2.89. The number of aromatic nitrogens is 3. The molecule has 0 amide bonds. The van der Waals surface area contributed by atoms with Crippen LogP contribution >= 0.6 is 11.8 Å². The Labute approximate surface area is 122 Å². The monoisotopic (exact) mass is 284 g/mol. The Balaban J connectivity index is 1.54. The van der Waals surface area contributed by atoms with Gasteiger partial charge in [0.25, 0.3) is 0 Å². The normalized spacial score (nSPS) is 11.0. The summed E-state index contributed by atoms with van der Waals surface area (Å²) in [5.74, 6) is 1.03. The molecule has 4 nitrogen and oxygen atoms in total. The fraction of sp³-hybridized carbons (Fsp3) is 0.200. The number of nitrogens with two attached hydrogens (primary N) is 1. The average molecular weight is 284 g/mol. The Kier molecular flexibility index (Phi) is 3.87. The Morgan fingerprint density at radius 3 is 2.75 bits per heavy atom. The number of aryl methyl sites for hydroxylation is 1. The molecule has 5 heteroatoms. The number of fused-ring (bicyclic) bond motifs is 1. The second-order valence-electron chi connectivity index (χ2n) is 4.61. The Bertz CT molecular complexity index is 690. The molecule has 0 saturated heterocycles. The maximum absolute atomic E-state index is 5.68. The van der Waals surface area contributed by atoms with E-state index < -0.39 is 0 Å². The molecule has 3 rings (SSSR count). The summed E-state index contributed by atoms with van der Waals surface area (Å²) >= 11 is 1.74. The summed E-state index contributed by atoms with van der Waals surface area (Å²) in [5.41, 5.74) is 8.72. The number of nitrogen functional groups attached to an aromatic ring is 1. The maximum Gasteiger partial charge on any atom is 0.195 e. The number of hydrogen-bond acceptors (Lipinski definition) is 4. The van der Waals surface area contributed by atoms with Crippen LogP contribution in [0.25, 0.3) is 5.65 Å². The summed E-state index contributed by atoms with van der Waals surface area (Å²) < 4.78 is 2.02. The van der Waals surface area contributed by atoms with Crippen LogP contribution in [0, 0.1) is 0 Å². The molecule has 3 aromatic rings. The fourth-order valence-corrected chi connectivity index (χ4v) is 2.91. The lowest BCUT2D eigenvalue weighted by Crippen LogP contribution is -1.91. The number of anilines is 1. The summed E-state index contributed by atoms with van der Waals surface area (Å²) in [6.07, 6.45) is 4.16. The molecule has 0 bridgehead atoms. The molecule has 2 N–H and O–H groups in total. The lowest BCUT2D eigenvalue weighted by atomic mass is 10.1. The molecular formula is C15H16N4S. The zero-order chi connectivity index (χ0) is 13.8. The number of pyridine rings is 1. The highest BCUT2D eigenvalue weighted by Crippen LogP contribution is 2.18. The zero-order valence-electron chi connectivity index (χ0n) is 11.1. The van der Waals surface area contributed by atoms with E-state index in [1.165, 1.54) is 5.56 Å². The van der Waals surface area contributed by atoms with Crippen molar-refractivity contribution in [3.8, 4) is 0 Å². The molecule has 0 radical (unpaired) electrons. The molecule has 2 aromatic heterocycles. The van der Waals surface area contributed by atoms with Gasteiger partial charge in [-0.15, -0.1) is 10.2 Å². The molecule has 1 aromatic carbocycles. The maximum atomic E-state index is 5.68. The zero-order valence-corrected chi connectivity index (χ0v) is 11.9. The van der Waals surface area contributed by atoms with Crippen molar-refractivity contribution in [3.63, 3.8) is 0 Å². The lowest BCUT2D eigenvalue weighted by molar-refractivity contribution is 0.900. The number of hydrogen-bond donors (Lipinski definition) is 1. The molecule has 0 fully saturated rings. The topological polar surface area (TPSA) is 56.2 Å². The van der Waals surface area contributed by atoms with Gasteiger partial charge in [-0.05, 0) is 42.7 Å². The third-order valence-electron chi connectivity index (χ3n) is 3.10. The van der Waals surface area contributed by atoms with Crippen molar-refractivity contribution in [3.05, 3.63) is 54.2 Å². The summed E-state index contributed by atoms with van der Waals surface area (Å²) in [4.78, 5) is 0. The van der Waals surface area contributed by atoms with Gasteiger partial charge >= 0.3 is 0 Å². The molecular weight excluding hydrogens is 268 g/mol. The third kappa shape index (κ3) is 2.93. The SMILES string of the molecule is Nc1ccc(CCCSc2nnc3ccccn23)cc1. The largest absolute Gasteiger partial charge is 0.399 e. The molecule has 20 heavy (non-hydrogen) atoms. The number of benzene rings is 1. The van der Waals surface area contributed by atoms with Crippen molar-refractivity contribution in [2.75, 3.05) is 11.5 Å². The first kappa shape index (κ1) is 13.0. The Morgan fingerprint density at radius 1 is 1.05 bits per heavy atom. The van der Waals surface area contributed by atoms with Crippen molar-refractivity contribution in [2.45, 2.75) is 18.0 Å². The molecule has 0 aliphatic heterocycles. The van der Waals surface area contributed by atoms with Gasteiger partial charge in [0.15, 0.2) is 10.8 Å². The quantitative estimate of drug-likeness (QED) is 0.444. The smallest absolute Gasteiger partial charge is 0.195 e. The van der Waals surface area contributed by atoms with E-state index >= 15 is 0 Å². The molecule has 0 spiro atoms. The van der Waals surface area contributed by atoms with Gasteiger partial charge in [-0.2, -0.15) is 0 Å². The predicted octanol–water partition coefficient (Wildman–Crippen LogP) is 3.04. The van der Waals surface area contributed by atoms with Gasteiger partial charge < -0.3 is 5.73 Å². The van der Waals surface area contributed by atoms with Crippen LogP contribution < -0.4 is 5.73 Å². The van der Waals surface area contributed by atoms with Crippen LogP contribution in [0.2, 0.25) is 0 Å². The van der Waals surface area contributed by atoms with Gasteiger partial charge in [0.1, 0.15) is 0 Å². The van der Waals surface area contributed by atoms with Gasteiger partial charge in [-0.1, -0.05) is 30.0 Å². The number of rotatable bonds is 5. The second-order valence-corrected chi connectivity index (χ2v) is 5.67. The van der Waals surface area contributed by atoms with Crippen molar-refractivity contribution in [2.24, 2.45) is 0 Å². The van der Waals surface area contributed by atoms with Gasteiger partial charge in [0.05, 0.1) is 0 Å². The summed E-state index contributed by atoms with van der Waals surface area (Å²) in [6.45, 7) is 0. The molecule has 0 aliphatic carbocycles. The van der Waals surface area contributed by atoms with E-state index in [1.807, 2.05) is 40.9 Å². The Morgan fingerprint density at radius 2 is 1.90 bits per heavy atom. The van der Waals surface area contributed by atoms with Crippen LogP contribution in [0.1, 0.15) is 12.0 Å². The van der Waals surface area contributed by atoms with E-state index in [-0.39, 0.29) is 0 Å². The fourth-order valence-electron chi connectivity index (χ4n) is 2.04. The lowest BCUT2D eigenvalue weighted by Gasteiger charge is -2.02. The molecule has 102 valence electrons. The van der Waals surface area contributed by atoms with E-state index in [9.17, 15) is 0 Å². The highest BCUT2D eigenvalue weighted by molar-refractivity contribution is 7.99. The minimum Gasteiger partial charge on any atom is -0.399 e. The molecule has 0 saturated carbocycles. The van der Waals surface area contributed by atoms with Crippen molar-refractivity contribution in [1.29, 1.82) is 0 Å². The summed E-state index contributed by atoms with van der Waals surface area (Å²) in [6, 6.07) is 14.0. The van der Waals surface area contributed by atoms with Crippen molar-refractivity contribution >= 4 is 23.1 Å². The van der Waals surface area contributed by atoms with Crippen LogP contribution in [0.15, 0.2) is 53.8 Å². The minimum absolute atomic E-state index is 0.818. The first-order valence-corrected chi connectivity index (χ1v) is 7.58. The van der Waals surface area contributed by atoms with E-state index in [4.69, 9.17) is 5.73 Å². The van der Waals surface area contributed by atoms with Crippen LogP contribution in [0.3, 0.4) is 0 Å². The number of thioether (sulfide) groups is 1. The van der Waals surface area contributed by atoms with Gasteiger partial charge in [0, 0.05) is 17.6 Å². The van der Waals surface area contributed by atoms with E-state index in [0.29, 0.717) is 0 Å². The molecule has 0 atom stereocenters. The molecule has 0 unspecified atom stereocenters. The van der Waals surface area contributed by atoms with Gasteiger partial charge in [-0.3, -0.25) is 4.40 Å². The van der Waals surface area contributed by atoms with Crippen molar-refractivity contribution < 1.29 is 0 Å². The predicted molar refractivity (Wildman–Crippen MR) is 82.9 cm³/mol. The van der Waals surface area contributed by atoms with E-state index in [1.54, 1.807) is 11.8 Å². The highest BCUT2D eigenvalue weighted by Gasteiger charge is 2.04. The van der Waals surface area contributed by atoms with E-state index in [0.717, 1.165) is 35.1 Å². The van der Waals surface area contributed by atoms with Crippen LogP contribution in [-0.2, 0) is 6.42 Å². The highest BCUT2D eigenvalue weighted by atomic mass is 32.2. The van der Waals surface area contributed by atoms with E-state index in [2.05, 4.69) is 22.3 Å². The van der Waals surface area contributed by atoms with Crippen LogP contribution in [0.4, 0.5) is 5.69 Å². The van der Waals surface area contributed by atoms with Gasteiger partial charge in [-0.25, -0.2) is 0 Å². The third-order valence-corrected chi connectivity index (χ3v) is 4.13. The Hall–Kier alpha value is -2.01. The first-order valence-electron chi connectivity index (χ1n) is 6.60. The van der Waals surface area contributed by atoms with Crippen LogP contribution in [-0.4, -0.2) is 20.4 Å². The number of nitrogens with zero attached hydrogens (tertiary/aromatic N) is 3. The van der Waals surface area contributed by atoms with Gasteiger partial charge in [0.2, 0.25) is 0 Å². The minimum atomic E-state index is 0.818. The molecule has 0 aliphatic rings. The first-order chi connectivity index (χ1) is 9.83. The van der Waals surface area contributed by atoms with Crippen molar-refractivity contribution in [1.82, 2.24) is 14.6 Å². The standard InChI is InChI=1S/C15H16N4S/c16-13-8-6-12(7-9-13)4-3-11-20-15-18-17-14-5-1-2-10-19(14)15/h1-2,5-10H,3-4,11,16H2. The second kappa shape index (κ2) is 5.96. The summed E-state index contributed by atoms with van der Waals surface area (Å²) in [5, 5.41) is 9.31.